The van der Waals surface area contributed by atoms with E-state index in [9.17, 15) is 9.59 Å². The molecule has 2 amide bonds. The Balaban J connectivity index is 1.43. The van der Waals surface area contributed by atoms with Crippen LogP contribution in [0.3, 0.4) is 0 Å². The lowest BCUT2D eigenvalue weighted by atomic mass is 9.97. The van der Waals surface area contributed by atoms with Gasteiger partial charge in [-0.15, -0.1) is 11.8 Å². The molecule has 1 atom stereocenters. The summed E-state index contributed by atoms with van der Waals surface area (Å²) in [5.41, 5.74) is 10.8. The number of carbonyl (C=O) groups excluding carboxylic acids is 2. The van der Waals surface area contributed by atoms with Gasteiger partial charge in [0.05, 0.1) is 29.8 Å². The number of aromatic amines is 1. The van der Waals surface area contributed by atoms with Crippen molar-refractivity contribution in [1.29, 1.82) is 0 Å². The fourth-order valence-corrected chi connectivity index (χ4v) is 5.38. The molecular formula is C29H29N5O2S. The van der Waals surface area contributed by atoms with Crippen LogP contribution in [0.5, 0.6) is 0 Å². The zero-order valence-corrected chi connectivity index (χ0v) is 21.6. The van der Waals surface area contributed by atoms with Crippen LogP contribution < -0.4 is 16.0 Å². The van der Waals surface area contributed by atoms with Gasteiger partial charge in [0.15, 0.2) is 0 Å². The summed E-state index contributed by atoms with van der Waals surface area (Å²) in [6, 6.07) is 23.6. The molecule has 0 saturated carbocycles. The maximum Gasteiger partial charge on any atom is 0.250 e. The lowest BCUT2D eigenvalue weighted by Gasteiger charge is -2.28. The molecule has 0 unspecified atom stereocenters. The van der Waals surface area contributed by atoms with Crippen LogP contribution in [-0.4, -0.2) is 39.1 Å². The third-order valence-electron chi connectivity index (χ3n) is 6.32. The number of anilines is 1. The van der Waals surface area contributed by atoms with Crippen molar-refractivity contribution in [2.75, 3.05) is 10.7 Å². The Kier molecular flexibility index (Phi) is 6.86. The number of benzene rings is 3. The highest BCUT2D eigenvalue weighted by molar-refractivity contribution is 7.99. The van der Waals surface area contributed by atoms with Gasteiger partial charge in [0, 0.05) is 22.4 Å². The summed E-state index contributed by atoms with van der Waals surface area (Å²) in [4.78, 5) is 36.5. The van der Waals surface area contributed by atoms with Gasteiger partial charge in [-0.1, -0.05) is 60.7 Å². The number of rotatable bonds is 6. The fraction of sp³-hybridized carbons (Fsp3) is 0.207. The molecule has 0 radical (unpaired) electrons. The first-order valence-electron chi connectivity index (χ1n) is 12.1. The minimum atomic E-state index is -1.07. The zero-order chi connectivity index (χ0) is 26.0. The number of aromatic nitrogens is 2. The average molecular weight is 512 g/mol. The van der Waals surface area contributed by atoms with Gasteiger partial charge in [-0.25, -0.2) is 4.98 Å². The first kappa shape index (κ1) is 24.8. The van der Waals surface area contributed by atoms with Crippen molar-refractivity contribution < 1.29 is 9.59 Å². The molecule has 0 saturated heterocycles. The minimum Gasteiger partial charge on any atom is -0.351 e. The van der Waals surface area contributed by atoms with Crippen molar-refractivity contribution in [3.05, 3.63) is 90.9 Å². The lowest BCUT2D eigenvalue weighted by molar-refractivity contribution is -0.129. The predicted molar refractivity (Wildman–Crippen MR) is 148 cm³/mol. The molecule has 1 aromatic heterocycles. The monoisotopic (exact) mass is 511 g/mol. The van der Waals surface area contributed by atoms with Gasteiger partial charge in [-0.05, 0) is 42.7 Å². The van der Waals surface area contributed by atoms with Crippen LogP contribution in [0.25, 0.3) is 22.4 Å². The average Bonchev–Trinajstić information content (AvgIpc) is 3.40. The minimum absolute atomic E-state index is 0.150. The summed E-state index contributed by atoms with van der Waals surface area (Å²) in [5.74, 6) is -0.0582. The van der Waals surface area contributed by atoms with Crippen LogP contribution >= 0.6 is 11.8 Å². The number of nitrogens with one attached hydrogen (secondary N) is 2. The van der Waals surface area contributed by atoms with Crippen molar-refractivity contribution >= 4 is 29.3 Å². The number of thioether (sulfide) groups is 1. The fourth-order valence-electron chi connectivity index (χ4n) is 4.30. The molecule has 4 N–H and O–H groups in total. The molecule has 1 aliphatic heterocycles. The molecular weight excluding hydrogens is 482 g/mol. The van der Waals surface area contributed by atoms with E-state index in [1.807, 2.05) is 54.7 Å². The molecule has 5 rings (SSSR count). The highest BCUT2D eigenvalue weighted by atomic mass is 32.2. The SMILES string of the molecule is CC(C)(N)C(=O)N[C@@H]1CSc2ccccc2N(Cc2ccc(-c3ccccc3-c3c[nH]cn3)cc2)C1=O. The molecule has 0 aliphatic carbocycles. The van der Waals surface area contributed by atoms with Crippen LogP contribution in [0, 0.1) is 0 Å². The molecule has 0 bridgehead atoms. The number of carbonyl (C=O) groups is 2. The largest absolute Gasteiger partial charge is 0.351 e. The highest BCUT2D eigenvalue weighted by Gasteiger charge is 2.34. The number of H-pyrrole nitrogens is 1. The van der Waals surface area contributed by atoms with Crippen molar-refractivity contribution in [1.82, 2.24) is 15.3 Å². The first-order valence-corrected chi connectivity index (χ1v) is 13.1. The molecule has 3 aromatic carbocycles. The van der Waals surface area contributed by atoms with Crippen LogP contribution in [0.15, 0.2) is 90.2 Å². The third-order valence-corrected chi connectivity index (χ3v) is 7.48. The van der Waals surface area contributed by atoms with Crippen molar-refractivity contribution in [3.8, 4) is 22.4 Å². The Morgan fingerprint density at radius 2 is 1.78 bits per heavy atom. The quantitative estimate of drug-likeness (QED) is 0.351. The number of fused-ring (bicyclic) bond motifs is 1. The summed E-state index contributed by atoms with van der Waals surface area (Å²) >= 11 is 1.56. The molecule has 0 spiro atoms. The topological polar surface area (TPSA) is 104 Å². The summed E-state index contributed by atoms with van der Waals surface area (Å²) < 4.78 is 0. The molecule has 0 fully saturated rings. The molecule has 7 nitrogen and oxygen atoms in total. The van der Waals surface area contributed by atoms with Gasteiger partial charge in [0.25, 0.3) is 5.91 Å². The van der Waals surface area contributed by atoms with Gasteiger partial charge < -0.3 is 20.9 Å². The Morgan fingerprint density at radius 3 is 2.49 bits per heavy atom. The smallest absolute Gasteiger partial charge is 0.250 e. The van der Waals surface area contributed by atoms with Crippen LogP contribution in [0.4, 0.5) is 5.69 Å². The maximum absolute atomic E-state index is 13.7. The van der Waals surface area contributed by atoms with E-state index >= 15 is 0 Å². The van der Waals surface area contributed by atoms with Crippen LogP contribution in [0.2, 0.25) is 0 Å². The second-order valence-corrected chi connectivity index (χ2v) is 10.7. The number of amides is 2. The second-order valence-electron chi connectivity index (χ2n) is 9.65. The summed E-state index contributed by atoms with van der Waals surface area (Å²) in [6.07, 6.45) is 3.56. The van der Waals surface area contributed by atoms with E-state index < -0.39 is 11.6 Å². The van der Waals surface area contributed by atoms with E-state index in [0.29, 0.717) is 12.3 Å². The number of hydrogen-bond donors (Lipinski definition) is 3. The van der Waals surface area contributed by atoms with E-state index in [1.165, 1.54) is 0 Å². The van der Waals surface area contributed by atoms with Crippen LogP contribution in [0.1, 0.15) is 19.4 Å². The Morgan fingerprint density at radius 1 is 1.08 bits per heavy atom. The number of hydrogen-bond acceptors (Lipinski definition) is 5. The summed E-state index contributed by atoms with van der Waals surface area (Å²) in [6.45, 7) is 3.65. The second kappa shape index (κ2) is 10.2. The van der Waals surface area contributed by atoms with Gasteiger partial charge in [0.2, 0.25) is 5.91 Å². The normalized spacial score (nSPS) is 15.7. The first-order chi connectivity index (χ1) is 17.8. The van der Waals surface area contributed by atoms with Crippen molar-refractivity contribution in [2.24, 2.45) is 5.73 Å². The van der Waals surface area contributed by atoms with E-state index in [2.05, 4.69) is 39.6 Å². The van der Waals surface area contributed by atoms with Gasteiger partial charge in [-0.2, -0.15) is 0 Å². The Labute approximate surface area is 220 Å². The third kappa shape index (κ3) is 5.30. The number of para-hydroxylation sites is 1. The number of nitrogens with zero attached hydrogens (tertiary/aromatic N) is 2. The number of nitrogens with two attached hydrogens (primary N) is 1. The van der Waals surface area contributed by atoms with E-state index in [-0.39, 0.29) is 11.8 Å². The maximum atomic E-state index is 13.7. The van der Waals surface area contributed by atoms with Gasteiger partial charge in [0.1, 0.15) is 6.04 Å². The molecule has 8 heteroatoms. The van der Waals surface area contributed by atoms with Gasteiger partial charge >= 0.3 is 0 Å². The Hall–Kier alpha value is -3.88. The molecule has 4 aromatic rings. The standard InChI is InChI=1S/C29H29N5O2S/c1-29(2,30)28(36)33-24-17-37-26-10-6-5-9-25(26)34(27(24)35)16-19-11-13-20(14-12-19)21-7-3-4-8-22(21)23-15-31-18-32-23/h3-15,18,24H,16-17,30H2,1-2H3,(H,31,32)(H,33,36)/t24-/m1/s1. The highest BCUT2D eigenvalue weighted by Crippen LogP contribution is 2.36. The van der Waals surface area contributed by atoms with Crippen LogP contribution in [-0.2, 0) is 16.1 Å². The van der Waals surface area contributed by atoms with Crippen molar-refractivity contribution in [2.45, 2.75) is 36.9 Å². The lowest BCUT2D eigenvalue weighted by Crippen LogP contribution is -2.56. The molecule has 37 heavy (non-hydrogen) atoms. The molecule has 188 valence electrons. The van der Waals surface area contributed by atoms with Crippen molar-refractivity contribution in [3.63, 3.8) is 0 Å². The summed E-state index contributed by atoms with van der Waals surface area (Å²) in [7, 11) is 0. The van der Waals surface area contributed by atoms with E-state index in [4.69, 9.17) is 5.73 Å². The van der Waals surface area contributed by atoms with E-state index in [0.717, 1.165) is 38.5 Å². The number of imidazole rings is 1. The summed E-state index contributed by atoms with van der Waals surface area (Å²) in [5, 5.41) is 2.86. The molecule has 1 aliphatic rings. The molecule has 2 heterocycles. The zero-order valence-electron chi connectivity index (χ0n) is 20.8. The Bertz CT molecular complexity index is 1410. The van der Waals surface area contributed by atoms with E-state index in [1.54, 1.807) is 36.8 Å². The van der Waals surface area contributed by atoms with Gasteiger partial charge in [-0.3, -0.25) is 9.59 Å². The predicted octanol–water partition coefficient (Wildman–Crippen LogP) is 4.60.